The van der Waals surface area contributed by atoms with Gasteiger partial charge < -0.3 is 15.0 Å². The van der Waals surface area contributed by atoms with Gasteiger partial charge in [0.1, 0.15) is 18.3 Å². The molecule has 0 aliphatic rings. The maximum atomic E-state index is 13.6. The Kier molecular flexibility index (Phi) is 10.9. The first-order chi connectivity index (χ1) is 16.8. The Labute approximate surface area is 223 Å². The molecule has 1 unspecified atom stereocenters. The smallest absolute Gasteiger partial charge is 0.244 e. The zero-order valence-electron chi connectivity index (χ0n) is 21.1. The minimum atomic E-state index is -3.87. The molecular weight excluding hydrogens is 525 g/mol. The molecule has 0 spiro atoms. The second-order valence-electron chi connectivity index (χ2n) is 8.76. The van der Waals surface area contributed by atoms with Gasteiger partial charge in [0, 0.05) is 13.1 Å². The predicted molar refractivity (Wildman–Crippen MR) is 144 cm³/mol. The van der Waals surface area contributed by atoms with Crippen LogP contribution in [0.4, 0.5) is 5.69 Å². The Morgan fingerprint density at radius 1 is 1.06 bits per heavy atom. The van der Waals surface area contributed by atoms with E-state index in [9.17, 15) is 18.0 Å². The minimum absolute atomic E-state index is 0.0245. The van der Waals surface area contributed by atoms with Gasteiger partial charge in [-0.3, -0.25) is 13.9 Å². The highest BCUT2D eigenvalue weighted by Crippen LogP contribution is 2.30. The van der Waals surface area contributed by atoms with Crippen LogP contribution in [0.25, 0.3) is 0 Å². The number of benzene rings is 2. The number of carbonyl (C=O) groups excluding carboxylic acids is 2. The van der Waals surface area contributed by atoms with Crippen LogP contribution >= 0.6 is 23.2 Å². The van der Waals surface area contributed by atoms with Crippen LogP contribution in [0, 0.1) is 5.92 Å². The number of amides is 2. The molecule has 0 radical (unpaired) electrons. The summed E-state index contributed by atoms with van der Waals surface area (Å²) in [5, 5.41) is 3.50. The van der Waals surface area contributed by atoms with E-state index in [4.69, 9.17) is 27.9 Å². The van der Waals surface area contributed by atoms with E-state index in [2.05, 4.69) is 5.32 Å². The van der Waals surface area contributed by atoms with Gasteiger partial charge in [-0.2, -0.15) is 0 Å². The van der Waals surface area contributed by atoms with Crippen molar-refractivity contribution < 1.29 is 22.7 Å². The van der Waals surface area contributed by atoms with E-state index in [1.807, 2.05) is 13.8 Å². The van der Waals surface area contributed by atoms with E-state index >= 15 is 0 Å². The fourth-order valence-corrected chi connectivity index (χ4v) is 4.58. The number of halogens is 2. The largest absolute Gasteiger partial charge is 0.492 e. The SMILES string of the molecule is CCOc1ccccc1N(CC(=O)N(Cc1ccc(Cl)c(Cl)c1)C(C)C(=O)NCC(C)C)S(C)(=O)=O. The number of sulfonamides is 1. The van der Waals surface area contributed by atoms with Gasteiger partial charge >= 0.3 is 0 Å². The van der Waals surface area contributed by atoms with Gasteiger partial charge in [-0.1, -0.05) is 55.2 Å². The van der Waals surface area contributed by atoms with Crippen LogP contribution in [0.15, 0.2) is 42.5 Å². The van der Waals surface area contributed by atoms with Crippen molar-refractivity contribution in [2.45, 2.75) is 40.3 Å². The van der Waals surface area contributed by atoms with Gasteiger partial charge in [-0.25, -0.2) is 8.42 Å². The third-order valence-electron chi connectivity index (χ3n) is 5.30. The number of nitrogens with zero attached hydrogens (tertiary/aromatic N) is 2. The molecule has 2 aromatic carbocycles. The highest BCUT2D eigenvalue weighted by atomic mass is 35.5. The number of hydrogen-bond donors (Lipinski definition) is 1. The first-order valence-corrected chi connectivity index (χ1v) is 14.2. The van der Waals surface area contributed by atoms with Crippen molar-refractivity contribution in [3.05, 3.63) is 58.1 Å². The fourth-order valence-electron chi connectivity index (χ4n) is 3.41. The first kappa shape index (κ1) is 29.7. The van der Waals surface area contributed by atoms with Crippen LogP contribution in [0.2, 0.25) is 10.0 Å². The second-order valence-corrected chi connectivity index (χ2v) is 11.5. The van der Waals surface area contributed by atoms with Crippen molar-refractivity contribution in [3.8, 4) is 5.75 Å². The quantitative estimate of drug-likeness (QED) is 0.418. The van der Waals surface area contributed by atoms with E-state index in [1.165, 1.54) is 4.90 Å². The number of nitrogens with one attached hydrogen (secondary N) is 1. The number of ether oxygens (including phenoxy) is 1. The van der Waals surface area contributed by atoms with Crippen LogP contribution < -0.4 is 14.4 Å². The number of rotatable bonds is 12. The number of hydrogen-bond acceptors (Lipinski definition) is 5. The molecule has 198 valence electrons. The second kappa shape index (κ2) is 13.2. The highest BCUT2D eigenvalue weighted by molar-refractivity contribution is 7.92. The summed E-state index contributed by atoms with van der Waals surface area (Å²) in [4.78, 5) is 27.8. The topological polar surface area (TPSA) is 96.0 Å². The van der Waals surface area contributed by atoms with Gasteiger partial charge in [-0.15, -0.1) is 0 Å². The summed E-state index contributed by atoms with van der Waals surface area (Å²) in [5.74, 6) is -0.365. The zero-order chi connectivity index (χ0) is 27.0. The molecule has 2 rings (SSSR count). The maximum Gasteiger partial charge on any atom is 0.244 e. The molecule has 0 aliphatic heterocycles. The normalized spacial score (nSPS) is 12.2. The molecule has 2 amide bonds. The molecule has 1 atom stereocenters. The van der Waals surface area contributed by atoms with Crippen LogP contribution in [-0.2, 0) is 26.2 Å². The molecule has 2 aromatic rings. The summed E-state index contributed by atoms with van der Waals surface area (Å²) in [6, 6.07) is 10.6. The summed E-state index contributed by atoms with van der Waals surface area (Å²) in [5.41, 5.74) is 0.878. The van der Waals surface area contributed by atoms with Crippen LogP contribution in [0.1, 0.15) is 33.3 Å². The van der Waals surface area contributed by atoms with Gasteiger partial charge in [-0.05, 0) is 49.6 Å². The van der Waals surface area contributed by atoms with Gasteiger partial charge in [0.05, 0.1) is 28.6 Å². The fraction of sp³-hybridized carbons (Fsp3) is 0.440. The monoisotopic (exact) mass is 557 g/mol. The lowest BCUT2D eigenvalue weighted by Gasteiger charge is -2.32. The van der Waals surface area contributed by atoms with Crippen molar-refractivity contribution in [2.75, 3.05) is 30.3 Å². The summed E-state index contributed by atoms with van der Waals surface area (Å²) >= 11 is 12.2. The van der Waals surface area contributed by atoms with Crippen LogP contribution in [-0.4, -0.2) is 57.1 Å². The Bertz CT molecular complexity index is 1170. The van der Waals surface area contributed by atoms with E-state index in [1.54, 1.807) is 56.3 Å². The highest BCUT2D eigenvalue weighted by Gasteiger charge is 2.31. The lowest BCUT2D eigenvalue weighted by molar-refractivity contribution is -0.139. The average molecular weight is 559 g/mol. The van der Waals surface area contributed by atoms with Crippen molar-refractivity contribution in [1.82, 2.24) is 10.2 Å². The summed E-state index contributed by atoms with van der Waals surface area (Å²) in [6.07, 6.45) is 1.02. The average Bonchev–Trinajstić information content (AvgIpc) is 2.81. The summed E-state index contributed by atoms with van der Waals surface area (Å²) < 4.78 is 32.1. The maximum absolute atomic E-state index is 13.6. The van der Waals surface area contributed by atoms with E-state index < -0.39 is 28.5 Å². The molecule has 0 heterocycles. The van der Waals surface area contributed by atoms with E-state index in [-0.39, 0.29) is 24.1 Å². The van der Waals surface area contributed by atoms with Crippen LogP contribution in [0.3, 0.4) is 0 Å². The van der Waals surface area contributed by atoms with E-state index in [0.29, 0.717) is 34.5 Å². The number of anilines is 1. The third-order valence-corrected chi connectivity index (χ3v) is 7.17. The molecule has 1 N–H and O–H groups in total. The molecule has 0 aliphatic carbocycles. The van der Waals surface area contributed by atoms with Gasteiger partial charge in [0.2, 0.25) is 21.8 Å². The van der Waals surface area contributed by atoms with Crippen molar-refractivity contribution in [2.24, 2.45) is 5.92 Å². The molecule has 0 fully saturated rings. The summed E-state index contributed by atoms with van der Waals surface area (Å²) in [7, 11) is -3.87. The van der Waals surface area contributed by atoms with Gasteiger partial charge in [0.15, 0.2) is 0 Å². The molecule has 0 saturated carbocycles. The standard InChI is InChI=1S/C25H33Cl2N3O5S/c1-6-35-23-10-8-7-9-22(23)30(36(5,33)34)16-24(31)29(18(4)25(32)28-14-17(2)3)15-19-11-12-20(26)21(27)13-19/h7-13,17-18H,6,14-16H2,1-5H3,(H,28,32). The van der Waals surface area contributed by atoms with Gasteiger partial charge in [0.25, 0.3) is 0 Å². The van der Waals surface area contributed by atoms with E-state index in [0.717, 1.165) is 10.6 Å². The zero-order valence-corrected chi connectivity index (χ0v) is 23.5. The Hall–Kier alpha value is -2.49. The third kappa shape index (κ3) is 8.28. The lowest BCUT2D eigenvalue weighted by Crippen LogP contribution is -2.51. The molecule has 0 saturated heterocycles. The Balaban J connectivity index is 2.44. The molecular formula is C25H33Cl2N3O5S. The molecule has 8 nitrogen and oxygen atoms in total. The Morgan fingerprint density at radius 2 is 1.72 bits per heavy atom. The Morgan fingerprint density at radius 3 is 2.31 bits per heavy atom. The molecule has 0 bridgehead atoms. The number of para-hydroxylation sites is 2. The van der Waals surface area contributed by atoms with Crippen LogP contribution in [0.5, 0.6) is 5.75 Å². The number of carbonyl (C=O) groups is 2. The summed E-state index contributed by atoms with van der Waals surface area (Å²) in [6.45, 7) is 7.57. The predicted octanol–water partition coefficient (Wildman–Crippen LogP) is 4.35. The van der Waals surface area contributed by atoms with Crippen molar-refractivity contribution in [1.29, 1.82) is 0 Å². The molecule has 11 heteroatoms. The first-order valence-electron chi connectivity index (χ1n) is 11.6. The van der Waals surface area contributed by atoms with Crippen molar-refractivity contribution in [3.63, 3.8) is 0 Å². The lowest BCUT2D eigenvalue weighted by atomic mass is 10.1. The molecule has 0 aromatic heterocycles. The minimum Gasteiger partial charge on any atom is -0.492 e. The van der Waals surface area contributed by atoms with Crippen molar-refractivity contribution >= 4 is 50.7 Å². The molecule has 36 heavy (non-hydrogen) atoms.